The van der Waals surface area contributed by atoms with E-state index < -0.39 is 0 Å². The summed E-state index contributed by atoms with van der Waals surface area (Å²) in [5, 5.41) is 4.28. The molecule has 1 aliphatic rings. The topological polar surface area (TPSA) is 45.2 Å². The number of pyridine rings is 1. The molecule has 2 aromatic carbocycles. The zero-order chi connectivity index (χ0) is 19.7. The maximum absolute atomic E-state index is 12.3. The van der Waals surface area contributed by atoms with Crippen LogP contribution in [-0.2, 0) is 6.54 Å². The monoisotopic (exact) mass is 411 g/mol. The molecule has 0 spiro atoms. The highest BCUT2D eigenvalue weighted by molar-refractivity contribution is 6.35. The fourth-order valence-electron chi connectivity index (χ4n) is 3.64. The Balaban J connectivity index is 1.59. The molecule has 3 aromatic rings. The Labute approximate surface area is 174 Å². The molecule has 1 aromatic heterocycles. The molecule has 1 atom stereocenters. The van der Waals surface area contributed by atoms with Crippen LogP contribution in [0.4, 0.5) is 5.69 Å². The molecule has 1 N–H and O–H groups in total. The second-order valence-corrected chi connectivity index (χ2v) is 7.86. The van der Waals surface area contributed by atoms with Gasteiger partial charge in [-0.05, 0) is 60.1 Å². The molecule has 142 valence electrons. The van der Waals surface area contributed by atoms with Crippen LogP contribution in [0.25, 0.3) is 0 Å². The number of carbonyl (C=O) groups excluding carboxylic acids is 1. The van der Waals surface area contributed by atoms with E-state index in [0.717, 1.165) is 29.9 Å². The van der Waals surface area contributed by atoms with Crippen molar-refractivity contribution in [1.29, 1.82) is 0 Å². The van der Waals surface area contributed by atoms with Crippen LogP contribution in [0.5, 0.6) is 0 Å². The van der Waals surface area contributed by atoms with Crippen molar-refractivity contribution in [2.45, 2.75) is 12.5 Å². The average Bonchev–Trinajstić information content (AvgIpc) is 2.69. The summed E-state index contributed by atoms with van der Waals surface area (Å²) in [5.74, 6) is 0.0198. The Morgan fingerprint density at radius 3 is 2.54 bits per heavy atom. The van der Waals surface area contributed by atoms with Gasteiger partial charge in [0.15, 0.2) is 0 Å². The van der Waals surface area contributed by atoms with Crippen LogP contribution in [0.1, 0.15) is 33.0 Å². The van der Waals surface area contributed by atoms with Gasteiger partial charge >= 0.3 is 0 Å². The molecule has 2 heterocycles. The molecule has 0 aliphatic carbocycles. The minimum Gasteiger partial charge on any atom is -0.322 e. The van der Waals surface area contributed by atoms with Crippen LogP contribution < -0.4 is 5.32 Å². The SMILES string of the molecule is CN1Cc2c(Cl)cc(Cl)cc2C(c2ccc(NC(=O)c3ccncc3)cc2)C1. The van der Waals surface area contributed by atoms with E-state index in [4.69, 9.17) is 23.2 Å². The van der Waals surface area contributed by atoms with E-state index in [9.17, 15) is 4.79 Å². The number of rotatable bonds is 3. The van der Waals surface area contributed by atoms with Gasteiger partial charge in [-0.3, -0.25) is 9.78 Å². The molecule has 1 aliphatic heterocycles. The minimum atomic E-state index is -0.156. The molecule has 4 rings (SSSR count). The molecule has 0 fully saturated rings. The van der Waals surface area contributed by atoms with E-state index in [1.54, 1.807) is 30.6 Å². The second-order valence-electron chi connectivity index (χ2n) is 7.02. The number of aromatic nitrogens is 1. The van der Waals surface area contributed by atoms with Crippen LogP contribution in [0.2, 0.25) is 10.0 Å². The normalized spacial score (nSPS) is 16.5. The van der Waals surface area contributed by atoms with Crippen molar-refractivity contribution in [2.24, 2.45) is 0 Å². The summed E-state index contributed by atoms with van der Waals surface area (Å²) in [7, 11) is 2.09. The third kappa shape index (κ3) is 3.90. The highest BCUT2D eigenvalue weighted by Gasteiger charge is 2.27. The molecule has 0 saturated carbocycles. The number of likely N-dealkylation sites (N-methyl/N-ethyl adjacent to an activating group) is 1. The Bertz CT molecular complexity index is 1010. The lowest BCUT2D eigenvalue weighted by molar-refractivity contribution is 0.102. The van der Waals surface area contributed by atoms with E-state index >= 15 is 0 Å². The van der Waals surface area contributed by atoms with Crippen molar-refractivity contribution in [3.63, 3.8) is 0 Å². The first-order valence-electron chi connectivity index (χ1n) is 8.99. The molecule has 1 unspecified atom stereocenters. The Morgan fingerprint density at radius 2 is 1.82 bits per heavy atom. The van der Waals surface area contributed by atoms with Crippen molar-refractivity contribution in [2.75, 3.05) is 18.9 Å². The highest BCUT2D eigenvalue weighted by Crippen LogP contribution is 2.38. The van der Waals surface area contributed by atoms with E-state index in [0.29, 0.717) is 15.6 Å². The second kappa shape index (κ2) is 7.92. The molecular weight excluding hydrogens is 393 g/mol. The van der Waals surface area contributed by atoms with Crippen molar-refractivity contribution < 1.29 is 4.79 Å². The maximum Gasteiger partial charge on any atom is 0.255 e. The number of nitrogens with zero attached hydrogens (tertiary/aromatic N) is 2. The standard InChI is InChI=1S/C22H19Cl2N3O/c1-27-12-19(18-10-16(23)11-21(24)20(18)13-27)14-2-4-17(5-3-14)26-22(28)15-6-8-25-9-7-15/h2-11,19H,12-13H2,1H3,(H,26,28). The molecule has 6 heteroatoms. The lowest BCUT2D eigenvalue weighted by Crippen LogP contribution is -2.31. The number of hydrogen-bond donors (Lipinski definition) is 1. The quantitative estimate of drug-likeness (QED) is 0.642. The van der Waals surface area contributed by atoms with Crippen LogP contribution in [0, 0.1) is 0 Å². The number of benzene rings is 2. The van der Waals surface area contributed by atoms with Crippen LogP contribution in [-0.4, -0.2) is 29.4 Å². The number of anilines is 1. The van der Waals surface area contributed by atoms with Gasteiger partial charge in [-0.2, -0.15) is 0 Å². The summed E-state index contributed by atoms with van der Waals surface area (Å²) < 4.78 is 0. The van der Waals surface area contributed by atoms with E-state index in [2.05, 4.69) is 22.2 Å². The summed E-state index contributed by atoms with van der Waals surface area (Å²) in [6.45, 7) is 1.69. The van der Waals surface area contributed by atoms with Gasteiger partial charge in [0.2, 0.25) is 0 Å². The van der Waals surface area contributed by atoms with Gasteiger partial charge < -0.3 is 10.2 Å². The average molecular weight is 412 g/mol. The largest absolute Gasteiger partial charge is 0.322 e. The number of halogens is 2. The Kier molecular flexibility index (Phi) is 5.36. The number of amides is 1. The number of fused-ring (bicyclic) bond motifs is 1. The van der Waals surface area contributed by atoms with E-state index in [-0.39, 0.29) is 11.8 Å². The third-order valence-corrected chi connectivity index (χ3v) is 5.56. The number of hydrogen-bond acceptors (Lipinski definition) is 3. The van der Waals surface area contributed by atoms with Crippen LogP contribution >= 0.6 is 23.2 Å². The molecular formula is C22H19Cl2N3O. The number of nitrogens with one attached hydrogen (secondary N) is 1. The van der Waals surface area contributed by atoms with Gasteiger partial charge in [-0.1, -0.05) is 35.3 Å². The zero-order valence-corrected chi connectivity index (χ0v) is 16.8. The molecule has 0 saturated heterocycles. The van der Waals surface area contributed by atoms with E-state index in [1.165, 1.54) is 5.56 Å². The maximum atomic E-state index is 12.3. The van der Waals surface area contributed by atoms with Gasteiger partial charge in [0.05, 0.1) is 0 Å². The molecule has 1 amide bonds. The smallest absolute Gasteiger partial charge is 0.255 e. The van der Waals surface area contributed by atoms with Crippen molar-refractivity contribution in [3.05, 3.63) is 93.2 Å². The summed E-state index contributed by atoms with van der Waals surface area (Å²) in [5.41, 5.74) is 4.78. The van der Waals surface area contributed by atoms with Gasteiger partial charge in [0.1, 0.15) is 0 Å². The molecule has 0 bridgehead atoms. The predicted octanol–water partition coefficient (Wildman–Crippen LogP) is 5.22. The summed E-state index contributed by atoms with van der Waals surface area (Å²) >= 11 is 12.7. The van der Waals surface area contributed by atoms with Gasteiger partial charge in [-0.25, -0.2) is 0 Å². The molecule has 0 radical (unpaired) electrons. The van der Waals surface area contributed by atoms with Crippen molar-refractivity contribution in [1.82, 2.24) is 9.88 Å². The van der Waals surface area contributed by atoms with Crippen LogP contribution in [0.15, 0.2) is 60.9 Å². The molecule has 4 nitrogen and oxygen atoms in total. The fourth-order valence-corrected chi connectivity index (χ4v) is 4.20. The summed E-state index contributed by atoms with van der Waals surface area (Å²) in [6.07, 6.45) is 3.20. The summed E-state index contributed by atoms with van der Waals surface area (Å²) in [4.78, 5) is 18.5. The Hall–Kier alpha value is -2.40. The van der Waals surface area contributed by atoms with Gasteiger partial charge in [-0.15, -0.1) is 0 Å². The van der Waals surface area contributed by atoms with Gasteiger partial charge in [0, 0.05) is 52.7 Å². The highest BCUT2D eigenvalue weighted by atomic mass is 35.5. The molecule has 28 heavy (non-hydrogen) atoms. The van der Waals surface area contributed by atoms with Crippen molar-refractivity contribution >= 4 is 34.8 Å². The summed E-state index contributed by atoms with van der Waals surface area (Å²) in [6, 6.07) is 15.1. The van der Waals surface area contributed by atoms with Gasteiger partial charge in [0.25, 0.3) is 5.91 Å². The minimum absolute atomic E-state index is 0.156. The lowest BCUT2D eigenvalue weighted by atomic mass is 9.84. The first kappa shape index (κ1) is 18.9. The van der Waals surface area contributed by atoms with Crippen LogP contribution in [0.3, 0.4) is 0 Å². The van der Waals surface area contributed by atoms with E-state index in [1.807, 2.05) is 30.3 Å². The zero-order valence-electron chi connectivity index (χ0n) is 15.3. The van der Waals surface area contributed by atoms with Crippen molar-refractivity contribution in [3.8, 4) is 0 Å². The first-order valence-corrected chi connectivity index (χ1v) is 9.74. The lowest BCUT2D eigenvalue weighted by Gasteiger charge is -2.33. The predicted molar refractivity (Wildman–Crippen MR) is 113 cm³/mol. The Morgan fingerprint density at radius 1 is 1.11 bits per heavy atom. The fraction of sp³-hybridized carbons (Fsp3) is 0.182. The number of carbonyl (C=O) groups is 1. The third-order valence-electron chi connectivity index (χ3n) is 5.01. The first-order chi connectivity index (χ1) is 13.5.